The summed E-state index contributed by atoms with van der Waals surface area (Å²) in [5.41, 5.74) is 1.05. The second kappa shape index (κ2) is 5.40. The Hall–Kier alpha value is -1.55. The molecule has 0 amide bonds. The lowest BCUT2D eigenvalue weighted by Crippen LogP contribution is -2.28. The number of methoxy groups -OCH3 is 1. The van der Waals surface area contributed by atoms with Gasteiger partial charge in [0.2, 0.25) is 0 Å². The third-order valence-electron chi connectivity index (χ3n) is 3.11. The fourth-order valence-corrected chi connectivity index (χ4v) is 2.03. The molecule has 18 heavy (non-hydrogen) atoms. The summed E-state index contributed by atoms with van der Waals surface area (Å²) in [5.74, 6) is 1.77. The standard InChI is InChI=1S/C14H19NO3/c1-15(2)7-6-12(16)14-9-10-8-11(17-3)4-5-13(10)18-14/h4-5,8,14H,6-7,9H2,1-3H3. The minimum Gasteiger partial charge on any atom is -0.497 e. The first kappa shape index (κ1) is 12.9. The molecule has 0 aliphatic carbocycles. The Kier molecular flexibility index (Phi) is 3.87. The fraction of sp³-hybridized carbons (Fsp3) is 0.500. The van der Waals surface area contributed by atoms with E-state index in [9.17, 15) is 4.79 Å². The average molecular weight is 249 g/mol. The fourth-order valence-electron chi connectivity index (χ4n) is 2.03. The number of ether oxygens (including phenoxy) is 2. The van der Waals surface area contributed by atoms with Gasteiger partial charge in [0.15, 0.2) is 11.9 Å². The molecular weight excluding hydrogens is 230 g/mol. The summed E-state index contributed by atoms with van der Waals surface area (Å²) in [7, 11) is 5.56. The van der Waals surface area contributed by atoms with Gasteiger partial charge in [0.1, 0.15) is 11.5 Å². The first-order chi connectivity index (χ1) is 8.60. The van der Waals surface area contributed by atoms with Crippen molar-refractivity contribution in [1.29, 1.82) is 0 Å². The zero-order valence-electron chi connectivity index (χ0n) is 11.1. The van der Waals surface area contributed by atoms with Crippen molar-refractivity contribution in [3.63, 3.8) is 0 Å². The lowest BCUT2D eigenvalue weighted by atomic mass is 10.1. The van der Waals surface area contributed by atoms with Crippen LogP contribution in [0.25, 0.3) is 0 Å². The highest BCUT2D eigenvalue weighted by atomic mass is 16.5. The van der Waals surface area contributed by atoms with Crippen LogP contribution < -0.4 is 9.47 Å². The van der Waals surface area contributed by atoms with E-state index < -0.39 is 0 Å². The molecule has 1 heterocycles. The summed E-state index contributed by atoms with van der Waals surface area (Å²) in [5, 5.41) is 0. The van der Waals surface area contributed by atoms with Gasteiger partial charge in [-0.1, -0.05) is 0 Å². The zero-order valence-corrected chi connectivity index (χ0v) is 11.1. The van der Waals surface area contributed by atoms with Crippen molar-refractivity contribution in [3.05, 3.63) is 23.8 Å². The average Bonchev–Trinajstić information content (AvgIpc) is 2.78. The van der Waals surface area contributed by atoms with Crippen LogP contribution in [0.1, 0.15) is 12.0 Å². The van der Waals surface area contributed by atoms with Gasteiger partial charge in [0, 0.05) is 24.9 Å². The third-order valence-corrected chi connectivity index (χ3v) is 3.11. The van der Waals surface area contributed by atoms with Crippen LogP contribution in [0.4, 0.5) is 0 Å². The van der Waals surface area contributed by atoms with Crippen molar-refractivity contribution in [2.75, 3.05) is 27.7 Å². The highest BCUT2D eigenvalue weighted by Crippen LogP contribution is 2.32. The second-order valence-corrected chi connectivity index (χ2v) is 4.80. The molecule has 0 bridgehead atoms. The van der Waals surface area contributed by atoms with Crippen molar-refractivity contribution in [1.82, 2.24) is 4.90 Å². The van der Waals surface area contributed by atoms with Crippen LogP contribution in [0.3, 0.4) is 0 Å². The van der Waals surface area contributed by atoms with E-state index in [1.54, 1.807) is 7.11 Å². The first-order valence-corrected chi connectivity index (χ1v) is 6.11. The Bertz CT molecular complexity index is 443. The van der Waals surface area contributed by atoms with Gasteiger partial charge < -0.3 is 14.4 Å². The maximum Gasteiger partial charge on any atom is 0.174 e. The molecule has 1 aromatic rings. The third kappa shape index (κ3) is 2.82. The summed E-state index contributed by atoms with van der Waals surface area (Å²) in [6.45, 7) is 0.762. The number of carbonyl (C=O) groups excluding carboxylic acids is 1. The highest BCUT2D eigenvalue weighted by molar-refractivity contribution is 5.84. The summed E-state index contributed by atoms with van der Waals surface area (Å²) in [6, 6.07) is 5.66. The summed E-state index contributed by atoms with van der Waals surface area (Å²) in [4.78, 5) is 14.0. The monoisotopic (exact) mass is 249 g/mol. The van der Waals surface area contributed by atoms with Crippen molar-refractivity contribution in [2.24, 2.45) is 0 Å². The molecule has 0 spiro atoms. The molecular formula is C14H19NO3. The number of Topliss-reactive ketones (excluding diaryl/α,β-unsaturated/α-hetero) is 1. The van der Waals surface area contributed by atoms with E-state index in [1.807, 2.05) is 37.2 Å². The van der Waals surface area contributed by atoms with Crippen LogP contribution in [0.15, 0.2) is 18.2 Å². The molecule has 0 radical (unpaired) electrons. The predicted molar refractivity (Wildman–Crippen MR) is 69.3 cm³/mol. The largest absolute Gasteiger partial charge is 0.497 e. The Labute approximate surface area is 107 Å². The van der Waals surface area contributed by atoms with Crippen LogP contribution in [0.5, 0.6) is 11.5 Å². The summed E-state index contributed by atoms with van der Waals surface area (Å²) < 4.78 is 10.8. The SMILES string of the molecule is COc1ccc2c(c1)CC(C(=O)CCN(C)C)O2. The van der Waals surface area contributed by atoms with Gasteiger partial charge in [-0.05, 0) is 32.3 Å². The molecule has 1 unspecified atom stereocenters. The van der Waals surface area contributed by atoms with Gasteiger partial charge in [0.05, 0.1) is 7.11 Å². The van der Waals surface area contributed by atoms with Gasteiger partial charge in [-0.25, -0.2) is 0 Å². The van der Waals surface area contributed by atoms with Gasteiger partial charge >= 0.3 is 0 Å². The van der Waals surface area contributed by atoms with Crippen LogP contribution in [-0.4, -0.2) is 44.5 Å². The molecule has 1 aromatic carbocycles. The zero-order chi connectivity index (χ0) is 13.1. The summed E-state index contributed by atoms with van der Waals surface area (Å²) >= 11 is 0. The maximum absolute atomic E-state index is 12.0. The molecule has 1 atom stereocenters. The minimum absolute atomic E-state index is 0.166. The Morgan fingerprint density at radius 3 is 2.94 bits per heavy atom. The van der Waals surface area contributed by atoms with Crippen molar-refractivity contribution < 1.29 is 14.3 Å². The van der Waals surface area contributed by atoms with Crippen LogP contribution in [-0.2, 0) is 11.2 Å². The Morgan fingerprint density at radius 1 is 1.50 bits per heavy atom. The lowest BCUT2D eigenvalue weighted by Gasteiger charge is -2.12. The number of benzene rings is 1. The van der Waals surface area contributed by atoms with E-state index in [1.165, 1.54) is 0 Å². The van der Waals surface area contributed by atoms with Gasteiger partial charge in [-0.2, -0.15) is 0 Å². The number of rotatable bonds is 5. The van der Waals surface area contributed by atoms with Crippen LogP contribution >= 0.6 is 0 Å². The molecule has 1 aliphatic rings. The highest BCUT2D eigenvalue weighted by Gasteiger charge is 2.28. The van der Waals surface area contributed by atoms with E-state index in [0.717, 1.165) is 23.6 Å². The molecule has 0 aromatic heterocycles. The van der Waals surface area contributed by atoms with E-state index in [0.29, 0.717) is 12.8 Å². The number of ketones is 1. The quantitative estimate of drug-likeness (QED) is 0.793. The molecule has 98 valence electrons. The number of nitrogens with zero attached hydrogens (tertiary/aromatic N) is 1. The molecule has 2 rings (SSSR count). The minimum atomic E-state index is -0.327. The molecule has 0 N–H and O–H groups in total. The van der Waals surface area contributed by atoms with E-state index in [-0.39, 0.29) is 11.9 Å². The van der Waals surface area contributed by atoms with Gasteiger partial charge in [-0.3, -0.25) is 4.79 Å². The van der Waals surface area contributed by atoms with Gasteiger partial charge in [0.25, 0.3) is 0 Å². The van der Waals surface area contributed by atoms with Crippen molar-refractivity contribution in [2.45, 2.75) is 18.9 Å². The molecule has 0 saturated heterocycles. The number of hydrogen-bond acceptors (Lipinski definition) is 4. The molecule has 1 aliphatic heterocycles. The van der Waals surface area contributed by atoms with E-state index in [2.05, 4.69) is 0 Å². The number of hydrogen-bond donors (Lipinski definition) is 0. The van der Waals surface area contributed by atoms with Crippen LogP contribution in [0, 0.1) is 0 Å². The van der Waals surface area contributed by atoms with E-state index in [4.69, 9.17) is 9.47 Å². The second-order valence-electron chi connectivity index (χ2n) is 4.80. The smallest absolute Gasteiger partial charge is 0.174 e. The van der Waals surface area contributed by atoms with Gasteiger partial charge in [-0.15, -0.1) is 0 Å². The Morgan fingerprint density at radius 2 is 2.28 bits per heavy atom. The lowest BCUT2D eigenvalue weighted by molar-refractivity contribution is -0.125. The molecule has 4 heteroatoms. The van der Waals surface area contributed by atoms with E-state index >= 15 is 0 Å². The summed E-state index contributed by atoms with van der Waals surface area (Å²) in [6.07, 6.45) is 0.855. The molecule has 4 nitrogen and oxygen atoms in total. The van der Waals surface area contributed by atoms with Crippen LogP contribution in [0.2, 0.25) is 0 Å². The maximum atomic E-state index is 12.0. The Balaban J connectivity index is 1.98. The number of fused-ring (bicyclic) bond motifs is 1. The predicted octanol–water partition coefficient (Wildman–Crippen LogP) is 1.52. The first-order valence-electron chi connectivity index (χ1n) is 6.11. The topological polar surface area (TPSA) is 38.8 Å². The molecule has 0 saturated carbocycles. The number of carbonyl (C=O) groups is 1. The molecule has 0 fully saturated rings. The van der Waals surface area contributed by atoms with Crippen molar-refractivity contribution in [3.8, 4) is 11.5 Å². The van der Waals surface area contributed by atoms with Crippen molar-refractivity contribution >= 4 is 5.78 Å². The normalized spacial score (nSPS) is 17.4.